The van der Waals surface area contributed by atoms with Crippen molar-refractivity contribution in [2.45, 2.75) is 13.1 Å². The van der Waals surface area contributed by atoms with Gasteiger partial charge in [-0.05, 0) is 37.3 Å². The Morgan fingerprint density at radius 3 is 2.60 bits per heavy atom. The summed E-state index contributed by atoms with van der Waals surface area (Å²) in [5.41, 5.74) is -0.380. The number of rotatable bonds is 5. The number of alkyl halides is 3. The minimum Gasteiger partial charge on any atom is -0.450 e. The summed E-state index contributed by atoms with van der Waals surface area (Å²) in [6.45, 7) is 4.57. The number of hydrogen-bond acceptors (Lipinski definition) is 6. The van der Waals surface area contributed by atoms with Crippen molar-refractivity contribution in [3.63, 3.8) is 0 Å². The molecule has 1 aliphatic heterocycles. The SMILES string of the molecule is CCOC(=O)N1CCN(C=Cn2cc3cc(NC(=O)c4cccc(C(F)(F)F)n4)ccc3n2)CC1. The van der Waals surface area contributed by atoms with Crippen LogP contribution in [0.2, 0.25) is 0 Å². The molecule has 1 N–H and O–H groups in total. The zero-order valence-electron chi connectivity index (χ0n) is 18.8. The van der Waals surface area contributed by atoms with Crippen molar-refractivity contribution in [2.75, 3.05) is 38.1 Å². The van der Waals surface area contributed by atoms with Gasteiger partial charge in [0.25, 0.3) is 5.91 Å². The quantitative estimate of drug-likeness (QED) is 0.586. The molecule has 4 rings (SSSR count). The van der Waals surface area contributed by atoms with Gasteiger partial charge in [0.15, 0.2) is 0 Å². The molecule has 9 nitrogen and oxygen atoms in total. The summed E-state index contributed by atoms with van der Waals surface area (Å²) in [5, 5.41) is 7.75. The highest BCUT2D eigenvalue weighted by atomic mass is 19.4. The second-order valence-electron chi connectivity index (χ2n) is 7.76. The molecule has 1 fully saturated rings. The zero-order valence-corrected chi connectivity index (χ0v) is 18.8. The molecule has 3 heterocycles. The molecule has 0 saturated carbocycles. The predicted octanol–water partition coefficient (Wildman–Crippen LogP) is 3.90. The van der Waals surface area contributed by atoms with Crippen LogP contribution in [0.3, 0.4) is 0 Å². The number of piperazine rings is 1. The first-order valence-electron chi connectivity index (χ1n) is 10.9. The zero-order chi connectivity index (χ0) is 25.0. The van der Waals surface area contributed by atoms with E-state index in [1.807, 2.05) is 6.20 Å². The lowest BCUT2D eigenvalue weighted by Gasteiger charge is -2.33. The molecule has 184 valence electrons. The normalized spacial score (nSPS) is 14.5. The number of hydrogen-bond donors (Lipinski definition) is 1. The van der Waals surface area contributed by atoms with E-state index in [1.54, 1.807) is 47.1 Å². The van der Waals surface area contributed by atoms with E-state index < -0.39 is 17.8 Å². The molecule has 12 heteroatoms. The van der Waals surface area contributed by atoms with Gasteiger partial charge in [-0.15, -0.1) is 0 Å². The lowest BCUT2D eigenvalue weighted by molar-refractivity contribution is -0.141. The summed E-state index contributed by atoms with van der Waals surface area (Å²) >= 11 is 0. The average molecular weight is 488 g/mol. The van der Waals surface area contributed by atoms with Crippen molar-refractivity contribution in [1.29, 1.82) is 0 Å². The first-order valence-corrected chi connectivity index (χ1v) is 10.9. The molecule has 1 aliphatic rings. The molecule has 35 heavy (non-hydrogen) atoms. The van der Waals surface area contributed by atoms with E-state index in [9.17, 15) is 22.8 Å². The van der Waals surface area contributed by atoms with Crippen molar-refractivity contribution < 1.29 is 27.5 Å². The van der Waals surface area contributed by atoms with Crippen molar-refractivity contribution >= 4 is 34.8 Å². The first kappa shape index (κ1) is 24.0. The van der Waals surface area contributed by atoms with Gasteiger partial charge in [-0.3, -0.25) is 4.79 Å². The molecule has 2 amide bonds. The Morgan fingerprint density at radius 1 is 1.11 bits per heavy atom. The Balaban J connectivity index is 1.39. The standard InChI is InChI=1S/C23H23F3N6O3/c1-2-35-22(34)31-11-8-30(9-12-31)10-13-32-15-16-14-17(6-7-18(16)29-32)27-21(33)19-4-3-5-20(28-19)23(24,25)26/h3-7,10,13-15H,2,8-9,11-12H2,1H3,(H,27,33). The van der Waals surface area contributed by atoms with E-state index in [0.29, 0.717) is 44.0 Å². The molecule has 0 bridgehead atoms. The number of aromatic nitrogens is 3. The fourth-order valence-corrected chi connectivity index (χ4v) is 3.54. The number of nitrogens with one attached hydrogen (secondary N) is 1. The summed E-state index contributed by atoms with van der Waals surface area (Å²) in [6.07, 6.45) is 0.493. The van der Waals surface area contributed by atoms with E-state index in [-0.39, 0.29) is 11.8 Å². The summed E-state index contributed by atoms with van der Waals surface area (Å²) in [5.74, 6) is -0.746. The Bertz CT molecular complexity index is 1250. The number of benzene rings is 1. The number of halogens is 3. The van der Waals surface area contributed by atoms with Crippen molar-refractivity contribution in [3.05, 3.63) is 60.2 Å². The maximum Gasteiger partial charge on any atom is 0.433 e. The van der Waals surface area contributed by atoms with Crippen LogP contribution in [-0.2, 0) is 10.9 Å². The van der Waals surface area contributed by atoms with Gasteiger partial charge in [-0.25, -0.2) is 14.5 Å². The lowest BCUT2D eigenvalue weighted by Crippen LogP contribution is -2.47. The van der Waals surface area contributed by atoms with E-state index >= 15 is 0 Å². The molecule has 1 aromatic carbocycles. The van der Waals surface area contributed by atoms with Crippen molar-refractivity contribution in [1.82, 2.24) is 24.6 Å². The van der Waals surface area contributed by atoms with Gasteiger partial charge < -0.3 is 19.9 Å². The average Bonchev–Trinajstić information content (AvgIpc) is 3.25. The number of pyridine rings is 1. The molecular formula is C23H23F3N6O3. The number of nitrogens with zero attached hydrogens (tertiary/aromatic N) is 5. The third-order valence-electron chi connectivity index (χ3n) is 5.32. The van der Waals surface area contributed by atoms with Crippen molar-refractivity contribution in [3.8, 4) is 0 Å². The van der Waals surface area contributed by atoms with E-state index in [1.165, 1.54) is 6.07 Å². The smallest absolute Gasteiger partial charge is 0.433 e. The first-order chi connectivity index (χ1) is 16.7. The molecular weight excluding hydrogens is 465 g/mol. The van der Waals surface area contributed by atoms with Crippen molar-refractivity contribution in [2.24, 2.45) is 0 Å². The molecule has 0 radical (unpaired) electrons. The monoisotopic (exact) mass is 488 g/mol. The second kappa shape index (κ2) is 10.0. The third-order valence-corrected chi connectivity index (χ3v) is 5.32. The molecule has 3 aromatic rings. The number of ether oxygens (including phenoxy) is 1. The molecule has 1 saturated heterocycles. The van der Waals surface area contributed by atoms with Crippen LogP contribution in [-0.4, -0.2) is 69.4 Å². The minimum atomic E-state index is -4.63. The van der Waals surface area contributed by atoms with Crippen LogP contribution in [0.4, 0.5) is 23.7 Å². The summed E-state index contributed by atoms with van der Waals surface area (Å²) in [7, 11) is 0. The third kappa shape index (κ3) is 5.89. The van der Waals surface area contributed by atoms with Gasteiger partial charge in [-0.2, -0.15) is 18.3 Å². The van der Waals surface area contributed by atoms with Crippen LogP contribution in [0.15, 0.2) is 48.8 Å². The van der Waals surface area contributed by atoms with Crippen LogP contribution < -0.4 is 5.32 Å². The van der Waals surface area contributed by atoms with Crippen LogP contribution >= 0.6 is 0 Å². The fourth-order valence-electron chi connectivity index (χ4n) is 3.54. The van der Waals surface area contributed by atoms with E-state index in [2.05, 4.69) is 20.3 Å². The number of amides is 2. The molecule has 0 spiro atoms. The second-order valence-corrected chi connectivity index (χ2v) is 7.76. The largest absolute Gasteiger partial charge is 0.450 e. The van der Waals surface area contributed by atoms with Gasteiger partial charge >= 0.3 is 12.3 Å². The Labute approximate surface area is 198 Å². The van der Waals surface area contributed by atoms with Crippen LogP contribution in [0.5, 0.6) is 0 Å². The Morgan fingerprint density at radius 2 is 1.89 bits per heavy atom. The fraction of sp³-hybridized carbons (Fsp3) is 0.304. The number of fused-ring (bicyclic) bond motifs is 1. The van der Waals surface area contributed by atoms with Crippen LogP contribution in [0.1, 0.15) is 23.1 Å². The Hall–Kier alpha value is -4.09. The van der Waals surface area contributed by atoms with Gasteiger partial charge in [0.2, 0.25) is 0 Å². The number of anilines is 1. The lowest BCUT2D eigenvalue weighted by atomic mass is 10.2. The van der Waals surface area contributed by atoms with Gasteiger partial charge in [0.05, 0.1) is 12.1 Å². The summed E-state index contributed by atoms with van der Waals surface area (Å²) < 4.78 is 45.2. The van der Waals surface area contributed by atoms with Gasteiger partial charge in [-0.1, -0.05) is 6.07 Å². The Kier molecular flexibility index (Phi) is 6.90. The van der Waals surface area contributed by atoms with E-state index in [4.69, 9.17) is 4.74 Å². The minimum absolute atomic E-state index is 0.304. The highest BCUT2D eigenvalue weighted by molar-refractivity contribution is 6.03. The molecule has 2 aromatic heterocycles. The van der Waals surface area contributed by atoms with Crippen LogP contribution in [0.25, 0.3) is 17.1 Å². The highest BCUT2D eigenvalue weighted by Gasteiger charge is 2.33. The molecule has 0 aliphatic carbocycles. The highest BCUT2D eigenvalue weighted by Crippen LogP contribution is 2.27. The number of carbonyl (C=O) groups is 2. The topological polar surface area (TPSA) is 92.6 Å². The molecule has 0 atom stereocenters. The van der Waals surface area contributed by atoms with Gasteiger partial charge in [0.1, 0.15) is 11.4 Å². The summed E-state index contributed by atoms with van der Waals surface area (Å²) in [6, 6.07) is 8.16. The maximum atomic E-state index is 12.9. The summed E-state index contributed by atoms with van der Waals surface area (Å²) in [4.78, 5) is 31.3. The van der Waals surface area contributed by atoms with Crippen LogP contribution in [0, 0.1) is 0 Å². The maximum absolute atomic E-state index is 12.9. The van der Waals surface area contributed by atoms with E-state index in [0.717, 1.165) is 17.5 Å². The predicted molar refractivity (Wildman–Crippen MR) is 122 cm³/mol. The van der Waals surface area contributed by atoms with Gasteiger partial charge in [0, 0.05) is 55.8 Å². The molecule has 0 unspecified atom stereocenters. The number of carbonyl (C=O) groups excluding carboxylic acids is 2.